The molecule has 4 rings (SSSR count). The molecular formula is C25H33N3O3S. The monoisotopic (exact) mass is 455 g/mol. The highest BCUT2D eigenvalue weighted by Crippen LogP contribution is 2.40. The second kappa shape index (κ2) is 9.22. The Morgan fingerprint density at radius 1 is 1.19 bits per heavy atom. The number of hydrogen-bond acceptors (Lipinski definition) is 6. The number of esters is 1. The fourth-order valence-electron chi connectivity index (χ4n) is 4.57. The average Bonchev–Trinajstić information content (AvgIpc) is 3.22. The molecule has 1 saturated heterocycles. The molecule has 32 heavy (non-hydrogen) atoms. The normalized spacial score (nSPS) is 18.9. The van der Waals surface area contributed by atoms with Gasteiger partial charge in [-0.1, -0.05) is 20.8 Å². The standard InChI is InChI=1S/C25H33N3O3S/c1-5-31-24(30)17-6-9-22(26-16-17)27-10-12-28(13-11-27)23(29)21-15-18-14-19(25(2,3)4)7-8-20(18)32-21/h6,9,15-16,19H,5,7-8,10-14H2,1-4H3. The van der Waals surface area contributed by atoms with Gasteiger partial charge in [0.1, 0.15) is 5.82 Å². The number of nitrogens with zero attached hydrogens (tertiary/aromatic N) is 3. The molecule has 2 aromatic rings. The molecule has 2 aromatic heterocycles. The van der Waals surface area contributed by atoms with Crippen molar-refractivity contribution in [2.24, 2.45) is 11.3 Å². The predicted octanol–water partition coefficient (Wildman–Crippen LogP) is 4.43. The molecule has 1 atom stereocenters. The number of rotatable bonds is 4. The summed E-state index contributed by atoms with van der Waals surface area (Å²) in [4.78, 5) is 35.8. The maximum atomic E-state index is 13.2. The molecule has 1 unspecified atom stereocenters. The predicted molar refractivity (Wildman–Crippen MR) is 128 cm³/mol. The van der Waals surface area contributed by atoms with Crippen molar-refractivity contribution in [2.75, 3.05) is 37.7 Å². The van der Waals surface area contributed by atoms with Gasteiger partial charge in [-0.2, -0.15) is 0 Å². The number of aryl methyl sites for hydroxylation is 1. The Kier molecular flexibility index (Phi) is 6.56. The minimum absolute atomic E-state index is 0.155. The number of carbonyl (C=O) groups excluding carboxylic acids is 2. The molecule has 1 fully saturated rings. The maximum Gasteiger partial charge on any atom is 0.339 e. The first kappa shape index (κ1) is 22.8. The van der Waals surface area contributed by atoms with Crippen LogP contribution < -0.4 is 4.90 Å². The summed E-state index contributed by atoms with van der Waals surface area (Å²) in [7, 11) is 0. The Morgan fingerprint density at radius 3 is 2.56 bits per heavy atom. The maximum absolute atomic E-state index is 13.2. The van der Waals surface area contributed by atoms with Crippen LogP contribution in [0, 0.1) is 11.3 Å². The van der Waals surface area contributed by atoms with Gasteiger partial charge in [0.15, 0.2) is 0 Å². The lowest BCUT2D eigenvalue weighted by Crippen LogP contribution is -2.48. The lowest BCUT2D eigenvalue weighted by atomic mass is 9.72. The van der Waals surface area contributed by atoms with Crippen LogP contribution >= 0.6 is 11.3 Å². The van der Waals surface area contributed by atoms with Gasteiger partial charge in [-0.3, -0.25) is 4.79 Å². The van der Waals surface area contributed by atoms with Gasteiger partial charge in [0.05, 0.1) is 17.0 Å². The Bertz CT molecular complexity index is 969. The van der Waals surface area contributed by atoms with Gasteiger partial charge in [-0.05, 0) is 61.3 Å². The number of fused-ring (bicyclic) bond motifs is 1. The van der Waals surface area contributed by atoms with Crippen LogP contribution in [0.1, 0.15) is 64.6 Å². The Balaban J connectivity index is 1.35. The molecule has 0 radical (unpaired) electrons. The van der Waals surface area contributed by atoms with E-state index in [0.717, 1.165) is 36.6 Å². The van der Waals surface area contributed by atoms with Crippen LogP contribution in [0.3, 0.4) is 0 Å². The van der Waals surface area contributed by atoms with Crippen molar-refractivity contribution in [3.63, 3.8) is 0 Å². The third-order valence-corrected chi connectivity index (χ3v) is 7.89. The van der Waals surface area contributed by atoms with E-state index in [9.17, 15) is 9.59 Å². The number of thiophene rings is 1. The fourth-order valence-corrected chi connectivity index (χ4v) is 5.75. The van der Waals surface area contributed by atoms with E-state index in [4.69, 9.17) is 4.74 Å². The van der Waals surface area contributed by atoms with Crippen molar-refractivity contribution in [3.8, 4) is 0 Å². The highest BCUT2D eigenvalue weighted by Gasteiger charge is 2.31. The smallest absolute Gasteiger partial charge is 0.339 e. The number of pyridine rings is 1. The summed E-state index contributed by atoms with van der Waals surface area (Å²) in [6, 6.07) is 5.75. The minimum atomic E-state index is -0.352. The minimum Gasteiger partial charge on any atom is -0.462 e. The molecule has 1 aliphatic heterocycles. The van der Waals surface area contributed by atoms with Crippen molar-refractivity contribution in [3.05, 3.63) is 45.3 Å². The average molecular weight is 456 g/mol. The number of hydrogen-bond donors (Lipinski definition) is 0. The van der Waals surface area contributed by atoms with Crippen LogP contribution in [0.5, 0.6) is 0 Å². The number of carbonyl (C=O) groups is 2. The van der Waals surface area contributed by atoms with Gasteiger partial charge in [-0.25, -0.2) is 9.78 Å². The Hall–Kier alpha value is -2.41. The molecule has 6 nitrogen and oxygen atoms in total. The first-order chi connectivity index (χ1) is 15.3. The molecule has 0 spiro atoms. The van der Waals surface area contributed by atoms with Crippen LogP contribution in [0.15, 0.2) is 24.4 Å². The fraction of sp³-hybridized carbons (Fsp3) is 0.560. The largest absolute Gasteiger partial charge is 0.462 e. The van der Waals surface area contributed by atoms with Crippen LogP contribution in [0.2, 0.25) is 0 Å². The zero-order valence-corrected chi connectivity index (χ0v) is 20.3. The molecule has 1 aliphatic carbocycles. The summed E-state index contributed by atoms with van der Waals surface area (Å²) >= 11 is 1.69. The summed E-state index contributed by atoms with van der Waals surface area (Å²) in [6.45, 7) is 11.9. The van der Waals surface area contributed by atoms with Crippen LogP contribution in [0.25, 0.3) is 0 Å². The van der Waals surface area contributed by atoms with E-state index in [1.165, 1.54) is 16.9 Å². The van der Waals surface area contributed by atoms with E-state index in [0.29, 0.717) is 36.6 Å². The van der Waals surface area contributed by atoms with E-state index >= 15 is 0 Å². The molecule has 2 aliphatic rings. The summed E-state index contributed by atoms with van der Waals surface area (Å²) in [5.74, 6) is 1.31. The molecule has 0 bridgehead atoms. The van der Waals surface area contributed by atoms with Gasteiger partial charge < -0.3 is 14.5 Å². The van der Waals surface area contributed by atoms with Gasteiger partial charge in [0, 0.05) is 37.3 Å². The SMILES string of the molecule is CCOC(=O)c1ccc(N2CCN(C(=O)c3cc4c(s3)CCC(C(C)(C)C)C4)CC2)nc1. The molecule has 0 N–H and O–H groups in total. The number of amides is 1. The molecule has 7 heteroatoms. The lowest BCUT2D eigenvalue weighted by Gasteiger charge is -2.35. The van der Waals surface area contributed by atoms with Gasteiger partial charge in [-0.15, -0.1) is 11.3 Å². The van der Waals surface area contributed by atoms with Gasteiger partial charge in [0.2, 0.25) is 0 Å². The van der Waals surface area contributed by atoms with E-state index in [-0.39, 0.29) is 11.9 Å². The molecule has 1 amide bonds. The molecule has 0 aromatic carbocycles. The number of ether oxygens (including phenoxy) is 1. The van der Waals surface area contributed by atoms with Gasteiger partial charge >= 0.3 is 5.97 Å². The molecule has 3 heterocycles. The third kappa shape index (κ3) is 4.82. The summed E-state index contributed by atoms with van der Waals surface area (Å²) in [5, 5.41) is 0. The topological polar surface area (TPSA) is 62.7 Å². The van der Waals surface area contributed by atoms with Crippen molar-refractivity contribution >= 4 is 29.0 Å². The van der Waals surface area contributed by atoms with E-state index in [1.807, 2.05) is 11.0 Å². The van der Waals surface area contributed by atoms with Gasteiger partial charge in [0.25, 0.3) is 5.91 Å². The van der Waals surface area contributed by atoms with E-state index < -0.39 is 0 Å². The van der Waals surface area contributed by atoms with Crippen molar-refractivity contribution in [2.45, 2.75) is 47.0 Å². The van der Waals surface area contributed by atoms with Crippen LogP contribution in [-0.2, 0) is 17.6 Å². The van der Waals surface area contributed by atoms with Crippen LogP contribution in [-0.4, -0.2) is 54.5 Å². The lowest BCUT2D eigenvalue weighted by molar-refractivity contribution is 0.0525. The second-order valence-corrected chi connectivity index (χ2v) is 10.9. The Morgan fingerprint density at radius 2 is 1.94 bits per heavy atom. The summed E-state index contributed by atoms with van der Waals surface area (Å²) in [6.07, 6.45) is 4.96. The Labute approximate surface area is 194 Å². The van der Waals surface area contributed by atoms with Crippen molar-refractivity contribution < 1.29 is 14.3 Å². The quantitative estimate of drug-likeness (QED) is 0.638. The highest BCUT2D eigenvalue weighted by atomic mass is 32.1. The number of piperazine rings is 1. The summed E-state index contributed by atoms with van der Waals surface area (Å²) in [5.41, 5.74) is 2.15. The number of aromatic nitrogens is 1. The number of anilines is 1. The molecular weight excluding hydrogens is 422 g/mol. The summed E-state index contributed by atoms with van der Waals surface area (Å²) < 4.78 is 5.01. The van der Waals surface area contributed by atoms with E-state index in [2.05, 4.69) is 36.7 Å². The zero-order valence-electron chi connectivity index (χ0n) is 19.5. The third-order valence-electron chi connectivity index (χ3n) is 6.67. The second-order valence-electron chi connectivity index (χ2n) is 9.77. The first-order valence-electron chi connectivity index (χ1n) is 11.5. The molecule has 172 valence electrons. The van der Waals surface area contributed by atoms with Crippen molar-refractivity contribution in [1.82, 2.24) is 9.88 Å². The van der Waals surface area contributed by atoms with Crippen molar-refractivity contribution in [1.29, 1.82) is 0 Å². The first-order valence-corrected chi connectivity index (χ1v) is 12.4. The zero-order chi connectivity index (χ0) is 22.9. The molecule has 0 saturated carbocycles. The van der Waals surface area contributed by atoms with E-state index in [1.54, 1.807) is 30.5 Å². The highest BCUT2D eigenvalue weighted by molar-refractivity contribution is 7.14. The van der Waals surface area contributed by atoms with Crippen LogP contribution in [0.4, 0.5) is 5.82 Å².